The van der Waals surface area contributed by atoms with Crippen molar-refractivity contribution in [3.8, 4) is 23.2 Å². The first-order chi connectivity index (χ1) is 8.76. The Labute approximate surface area is 106 Å². The summed E-state index contributed by atoms with van der Waals surface area (Å²) in [5.74, 6) is 0.291. The fourth-order valence-electron chi connectivity index (χ4n) is 1.65. The number of nitriles is 1. The molecule has 0 aliphatic carbocycles. The number of nitrogens with two attached hydrogens (primary N) is 1. The molecule has 0 saturated heterocycles. The van der Waals surface area contributed by atoms with Gasteiger partial charge in [-0.2, -0.15) is 5.26 Å². The SMILES string of the molecule is CCOc1nc(-c2ccccc2)cc(N)c1C#N. The third-order valence-electron chi connectivity index (χ3n) is 2.48. The van der Waals surface area contributed by atoms with Crippen molar-refractivity contribution in [2.24, 2.45) is 0 Å². The third kappa shape index (κ3) is 2.25. The molecule has 0 aliphatic heterocycles. The van der Waals surface area contributed by atoms with E-state index in [4.69, 9.17) is 15.7 Å². The van der Waals surface area contributed by atoms with Crippen LogP contribution in [0, 0.1) is 11.3 Å². The Hall–Kier alpha value is -2.54. The van der Waals surface area contributed by atoms with E-state index in [0.717, 1.165) is 5.56 Å². The summed E-state index contributed by atoms with van der Waals surface area (Å²) in [6.07, 6.45) is 0. The van der Waals surface area contributed by atoms with Crippen LogP contribution in [0.15, 0.2) is 36.4 Å². The van der Waals surface area contributed by atoms with Gasteiger partial charge in [0.05, 0.1) is 18.0 Å². The molecule has 0 unspecified atom stereocenters. The number of benzene rings is 1. The molecule has 1 aromatic heterocycles. The molecule has 4 heteroatoms. The Balaban J connectivity index is 2.55. The highest BCUT2D eigenvalue weighted by molar-refractivity contribution is 5.69. The standard InChI is InChI=1S/C14H13N3O/c1-2-18-14-11(9-15)12(16)8-13(17-14)10-6-4-3-5-7-10/h3-8H,2H2,1H3,(H2,16,17). The molecule has 4 nitrogen and oxygen atoms in total. The van der Waals surface area contributed by atoms with Crippen LogP contribution >= 0.6 is 0 Å². The van der Waals surface area contributed by atoms with E-state index in [9.17, 15) is 0 Å². The van der Waals surface area contributed by atoms with Crippen molar-refractivity contribution in [1.29, 1.82) is 5.26 Å². The number of rotatable bonds is 3. The van der Waals surface area contributed by atoms with Crippen molar-refractivity contribution in [3.05, 3.63) is 42.0 Å². The summed E-state index contributed by atoms with van der Waals surface area (Å²) in [5, 5.41) is 9.04. The van der Waals surface area contributed by atoms with Crippen LogP contribution in [0.4, 0.5) is 5.69 Å². The molecule has 0 fully saturated rings. The van der Waals surface area contributed by atoms with Crippen LogP contribution in [-0.2, 0) is 0 Å². The highest BCUT2D eigenvalue weighted by Crippen LogP contribution is 2.27. The number of hydrogen-bond acceptors (Lipinski definition) is 4. The molecule has 0 saturated carbocycles. The van der Waals surface area contributed by atoms with Gasteiger partial charge in [0.2, 0.25) is 5.88 Å². The van der Waals surface area contributed by atoms with E-state index in [1.807, 2.05) is 43.3 Å². The Morgan fingerprint density at radius 2 is 2.06 bits per heavy atom. The fraction of sp³-hybridized carbons (Fsp3) is 0.143. The Morgan fingerprint density at radius 3 is 2.67 bits per heavy atom. The monoisotopic (exact) mass is 239 g/mol. The van der Waals surface area contributed by atoms with Gasteiger partial charge in [-0.05, 0) is 13.0 Å². The molecule has 0 amide bonds. The highest BCUT2D eigenvalue weighted by atomic mass is 16.5. The molecule has 0 radical (unpaired) electrons. The first-order valence-electron chi connectivity index (χ1n) is 5.65. The van der Waals surface area contributed by atoms with Crippen molar-refractivity contribution < 1.29 is 4.74 Å². The largest absolute Gasteiger partial charge is 0.477 e. The van der Waals surface area contributed by atoms with E-state index in [2.05, 4.69) is 4.98 Å². The summed E-state index contributed by atoms with van der Waals surface area (Å²) in [6.45, 7) is 2.29. The van der Waals surface area contributed by atoms with Crippen LogP contribution < -0.4 is 10.5 Å². The Morgan fingerprint density at radius 1 is 1.33 bits per heavy atom. The lowest BCUT2D eigenvalue weighted by Crippen LogP contribution is -2.02. The first-order valence-corrected chi connectivity index (χ1v) is 5.65. The highest BCUT2D eigenvalue weighted by Gasteiger charge is 2.12. The van der Waals surface area contributed by atoms with Gasteiger partial charge in [-0.1, -0.05) is 30.3 Å². The maximum absolute atomic E-state index is 9.04. The molecule has 2 N–H and O–H groups in total. The van der Waals surface area contributed by atoms with Crippen molar-refractivity contribution in [3.63, 3.8) is 0 Å². The van der Waals surface area contributed by atoms with Crippen molar-refractivity contribution >= 4 is 5.69 Å². The molecular formula is C14H13N3O. The van der Waals surface area contributed by atoms with Gasteiger partial charge in [-0.3, -0.25) is 0 Å². The number of pyridine rings is 1. The molecule has 0 bridgehead atoms. The Kier molecular flexibility index (Phi) is 3.44. The zero-order valence-electron chi connectivity index (χ0n) is 10.1. The summed E-state index contributed by atoms with van der Waals surface area (Å²) in [4.78, 5) is 4.34. The number of hydrogen-bond donors (Lipinski definition) is 1. The van der Waals surface area contributed by atoms with Crippen LogP contribution in [0.25, 0.3) is 11.3 Å². The van der Waals surface area contributed by atoms with E-state index in [-0.39, 0.29) is 5.56 Å². The lowest BCUT2D eigenvalue weighted by Gasteiger charge is -2.09. The molecule has 1 heterocycles. The molecule has 18 heavy (non-hydrogen) atoms. The van der Waals surface area contributed by atoms with Gasteiger partial charge in [0.15, 0.2) is 0 Å². The summed E-state index contributed by atoms with van der Waals surface area (Å²) in [7, 11) is 0. The Bertz CT molecular complexity index is 588. The smallest absolute Gasteiger partial charge is 0.234 e. The van der Waals surface area contributed by atoms with E-state index in [0.29, 0.717) is 23.9 Å². The number of ether oxygens (including phenoxy) is 1. The lowest BCUT2D eigenvalue weighted by molar-refractivity contribution is 0.326. The van der Waals surface area contributed by atoms with Crippen LogP contribution in [0.3, 0.4) is 0 Å². The molecule has 90 valence electrons. The minimum Gasteiger partial charge on any atom is -0.477 e. The minimum atomic E-state index is 0.288. The van der Waals surface area contributed by atoms with Crippen molar-refractivity contribution in [2.45, 2.75) is 6.92 Å². The summed E-state index contributed by atoms with van der Waals surface area (Å²) < 4.78 is 5.36. The van der Waals surface area contributed by atoms with Gasteiger partial charge in [-0.25, -0.2) is 4.98 Å². The van der Waals surface area contributed by atoms with E-state index in [1.165, 1.54) is 0 Å². The second kappa shape index (κ2) is 5.19. The molecule has 0 atom stereocenters. The molecule has 1 aromatic carbocycles. The van der Waals surface area contributed by atoms with Crippen LogP contribution in [0.1, 0.15) is 12.5 Å². The first kappa shape index (κ1) is 11.9. The number of anilines is 1. The summed E-state index contributed by atoms with van der Waals surface area (Å²) in [5.41, 5.74) is 8.17. The average Bonchev–Trinajstić information content (AvgIpc) is 2.40. The molecule has 2 aromatic rings. The summed E-state index contributed by atoms with van der Waals surface area (Å²) in [6, 6.07) is 13.3. The van der Waals surface area contributed by atoms with E-state index >= 15 is 0 Å². The third-order valence-corrected chi connectivity index (χ3v) is 2.48. The van der Waals surface area contributed by atoms with Gasteiger partial charge in [0, 0.05) is 5.56 Å². The molecule has 0 spiro atoms. The molecule has 0 aliphatic rings. The lowest BCUT2D eigenvalue weighted by atomic mass is 10.1. The number of nitrogens with zero attached hydrogens (tertiary/aromatic N) is 2. The van der Waals surface area contributed by atoms with Gasteiger partial charge < -0.3 is 10.5 Å². The normalized spacial score (nSPS) is 9.78. The zero-order valence-corrected chi connectivity index (χ0v) is 10.1. The van der Waals surface area contributed by atoms with Crippen LogP contribution in [0.5, 0.6) is 5.88 Å². The van der Waals surface area contributed by atoms with Crippen LogP contribution in [-0.4, -0.2) is 11.6 Å². The van der Waals surface area contributed by atoms with Gasteiger partial charge >= 0.3 is 0 Å². The predicted octanol–water partition coefficient (Wildman–Crippen LogP) is 2.60. The summed E-state index contributed by atoms with van der Waals surface area (Å²) >= 11 is 0. The molecular weight excluding hydrogens is 226 g/mol. The second-order valence-corrected chi connectivity index (χ2v) is 3.69. The average molecular weight is 239 g/mol. The molecule has 2 rings (SSSR count). The second-order valence-electron chi connectivity index (χ2n) is 3.69. The predicted molar refractivity (Wildman–Crippen MR) is 70.0 cm³/mol. The number of aromatic nitrogens is 1. The zero-order chi connectivity index (χ0) is 13.0. The maximum atomic E-state index is 9.04. The van der Waals surface area contributed by atoms with Gasteiger partial charge in [-0.15, -0.1) is 0 Å². The topological polar surface area (TPSA) is 71.9 Å². The van der Waals surface area contributed by atoms with Crippen molar-refractivity contribution in [2.75, 3.05) is 12.3 Å². The maximum Gasteiger partial charge on any atom is 0.234 e. The fourth-order valence-corrected chi connectivity index (χ4v) is 1.65. The van der Waals surface area contributed by atoms with E-state index < -0.39 is 0 Å². The quantitative estimate of drug-likeness (QED) is 0.893. The van der Waals surface area contributed by atoms with Crippen LogP contribution in [0.2, 0.25) is 0 Å². The van der Waals surface area contributed by atoms with E-state index in [1.54, 1.807) is 6.07 Å². The number of nitrogen functional groups attached to an aromatic ring is 1. The van der Waals surface area contributed by atoms with Gasteiger partial charge in [0.1, 0.15) is 11.6 Å². The van der Waals surface area contributed by atoms with Gasteiger partial charge in [0.25, 0.3) is 0 Å². The van der Waals surface area contributed by atoms with Crippen molar-refractivity contribution in [1.82, 2.24) is 4.98 Å². The minimum absolute atomic E-state index is 0.288.